The molecule has 1 atom stereocenters. The smallest absolute Gasteiger partial charge is 0.230 e. The van der Waals surface area contributed by atoms with Crippen LogP contribution in [-0.2, 0) is 11.2 Å². The highest BCUT2D eigenvalue weighted by molar-refractivity contribution is 5.96. The lowest BCUT2D eigenvalue weighted by atomic mass is 10.1. The topological polar surface area (TPSA) is 146 Å². The number of carbonyl (C=O) groups is 1. The van der Waals surface area contributed by atoms with Gasteiger partial charge in [0.2, 0.25) is 5.91 Å². The van der Waals surface area contributed by atoms with Gasteiger partial charge in [0.15, 0.2) is 17.5 Å². The molecule has 0 saturated carbocycles. The Hall–Kier alpha value is -4.36. The minimum atomic E-state index is -1.13. The molecular formula is C28H33F2N7O4. The van der Waals surface area contributed by atoms with E-state index in [2.05, 4.69) is 36.1 Å². The van der Waals surface area contributed by atoms with Gasteiger partial charge in [0.25, 0.3) is 0 Å². The summed E-state index contributed by atoms with van der Waals surface area (Å²) in [5.41, 5.74) is 0.773. The number of hydrogen-bond acceptors (Lipinski definition) is 9. The van der Waals surface area contributed by atoms with E-state index in [0.717, 1.165) is 6.07 Å². The Balaban J connectivity index is 1.50. The summed E-state index contributed by atoms with van der Waals surface area (Å²) in [7, 11) is 0. The number of nitrogens with one attached hydrogen (secondary N) is 4. The largest absolute Gasteiger partial charge is 0.494 e. The third-order valence-electron chi connectivity index (χ3n) is 6.21. The molecule has 0 aliphatic carbocycles. The quantitative estimate of drug-likeness (QED) is 0.143. The zero-order valence-electron chi connectivity index (χ0n) is 23.0. The highest BCUT2D eigenvalue weighted by Gasteiger charge is 2.17. The van der Waals surface area contributed by atoms with Crippen LogP contribution in [0.1, 0.15) is 26.5 Å². The minimum absolute atomic E-state index is 0.0251. The van der Waals surface area contributed by atoms with Crippen molar-refractivity contribution >= 4 is 34.1 Å². The van der Waals surface area contributed by atoms with E-state index in [0.29, 0.717) is 59.5 Å². The van der Waals surface area contributed by atoms with E-state index in [1.165, 1.54) is 18.5 Å². The van der Waals surface area contributed by atoms with Crippen LogP contribution < -0.4 is 25.4 Å². The van der Waals surface area contributed by atoms with Crippen molar-refractivity contribution in [1.82, 2.24) is 25.5 Å². The monoisotopic (exact) mass is 569 g/mol. The van der Waals surface area contributed by atoms with Crippen molar-refractivity contribution in [3.05, 3.63) is 60.1 Å². The summed E-state index contributed by atoms with van der Waals surface area (Å²) in [6, 6.07) is 8.66. The van der Waals surface area contributed by atoms with Crippen LogP contribution >= 0.6 is 0 Å². The van der Waals surface area contributed by atoms with Gasteiger partial charge in [0, 0.05) is 36.5 Å². The molecule has 0 fully saturated rings. The highest BCUT2D eigenvalue weighted by Crippen LogP contribution is 2.35. The van der Waals surface area contributed by atoms with E-state index in [4.69, 9.17) is 9.47 Å². The number of aromatic amines is 1. The summed E-state index contributed by atoms with van der Waals surface area (Å²) < 4.78 is 39.1. The summed E-state index contributed by atoms with van der Waals surface area (Å²) in [4.78, 5) is 21.2. The first-order valence-corrected chi connectivity index (χ1v) is 13.2. The Labute approximate surface area is 235 Å². The van der Waals surface area contributed by atoms with Gasteiger partial charge in [0.1, 0.15) is 30.3 Å². The number of aliphatic hydroxyl groups excluding tert-OH is 1. The van der Waals surface area contributed by atoms with Gasteiger partial charge in [-0.2, -0.15) is 5.10 Å². The van der Waals surface area contributed by atoms with Crippen LogP contribution in [0.25, 0.3) is 10.9 Å². The molecular weight excluding hydrogens is 536 g/mol. The van der Waals surface area contributed by atoms with Crippen molar-refractivity contribution in [3.8, 4) is 11.5 Å². The zero-order valence-corrected chi connectivity index (χ0v) is 23.0. The van der Waals surface area contributed by atoms with E-state index < -0.39 is 17.5 Å². The van der Waals surface area contributed by atoms with Crippen LogP contribution in [0.3, 0.4) is 0 Å². The van der Waals surface area contributed by atoms with Crippen LogP contribution in [-0.4, -0.2) is 63.6 Å². The maximum Gasteiger partial charge on any atom is 0.230 e. The fourth-order valence-corrected chi connectivity index (χ4v) is 4.11. The predicted octanol–water partition coefficient (Wildman–Crippen LogP) is 3.94. The lowest BCUT2D eigenvalue weighted by molar-refractivity contribution is -0.115. The third kappa shape index (κ3) is 7.64. The Bertz CT molecular complexity index is 1480. The lowest BCUT2D eigenvalue weighted by Gasteiger charge is -2.20. The Morgan fingerprint density at radius 3 is 2.73 bits per heavy atom. The Morgan fingerprint density at radius 1 is 1.15 bits per heavy atom. The second-order valence-corrected chi connectivity index (χ2v) is 9.54. The SMILES string of the molecule is CCOc1cc(OCCN[C@H](CO)C(C)C)c2c(Nc3cc(CC(=O)Nc4cccc(F)c4F)[nH]n3)ncnc2c1. The molecule has 0 aliphatic heterocycles. The predicted molar refractivity (Wildman–Crippen MR) is 150 cm³/mol. The Kier molecular flexibility index (Phi) is 9.98. The molecule has 1 amide bonds. The molecule has 0 spiro atoms. The van der Waals surface area contributed by atoms with E-state index >= 15 is 0 Å². The van der Waals surface area contributed by atoms with E-state index in [1.807, 2.05) is 20.8 Å². The standard InChI is InChI=1S/C28H33F2N7O4/c1-4-40-18-12-21-26(23(13-18)41-9-8-31-22(14-38)16(2)3)28(33-15-32-21)35-24-10-17(36-37-24)11-25(39)34-20-7-5-6-19(29)27(20)30/h5-7,10,12-13,15-16,22,31,38H,4,8-9,11,14H2,1-3H3,(H,34,39)(H2,32,33,35,36,37)/t22-/m1/s1. The number of H-pyrrole nitrogens is 1. The molecule has 2 aromatic carbocycles. The fraction of sp³-hybridized carbons (Fsp3) is 0.357. The number of aliphatic hydroxyl groups is 1. The second kappa shape index (κ2) is 13.8. The van der Waals surface area contributed by atoms with Gasteiger partial charge >= 0.3 is 0 Å². The van der Waals surface area contributed by atoms with Crippen LogP contribution in [0.5, 0.6) is 11.5 Å². The van der Waals surface area contributed by atoms with Crippen molar-refractivity contribution in [2.45, 2.75) is 33.2 Å². The number of carbonyl (C=O) groups excluding carboxylic acids is 1. The van der Waals surface area contributed by atoms with Crippen LogP contribution in [0.4, 0.5) is 26.1 Å². The van der Waals surface area contributed by atoms with Gasteiger partial charge in [-0.05, 0) is 25.0 Å². The van der Waals surface area contributed by atoms with E-state index in [-0.39, 0.29) is 30.7 Å². The summed E-state index contributed by atoms with van der Waals surface area (Å²) in [5.74, 6) is -0.595. The molecule has 4 rings (SSSR count). The summed E-state index contributed by atoms with van der Waals surface area (Å²) >= 11 is 0. The third-order valence-corrected chi connectivity index (χ3v) is 6.21. The van der Waals surface area contributed by atoms with Crippen molar-refractivity contribution in [2.75, 3.05) is 37.0 Å². The number of amides is 1. The average molecular weight is 570 g/mol. The molecule has 41 heavy (non-hydrogen) atoms. The van der Waals surface area contributed by atoms with E-state index in [9.17, 15) is 18.7 Å². The van der Waals surface area contributed by atoms with Gasteiger partial charge < -0.3 is 30.5 Å². The summed E-state index contributed by atoms with van der Waals surface area (Å²) in [6.45, 7) is 7.25. The van der Waals surface area contributed by atoms with Crippen molar-refractivity contribution < 1.29 is 28.2 Å². The number of nitrogens with zero attached hydrogens (tertiary/aromatic N) is 3. The number of benzene rings is 2. The second-order valence-electron chi connectivity index (χ2n) is 9.54. The first-order chi connectivity index (χ1) is 19.8. The number of anilines is 3. The molecule has 0 radical (unpaired) electrons. The summed E-state index contributed by atoms with van der Waals surface area (Å²) in [5, 5.41) is 25.9. The average Bonchev–Trinajstić information content (AvgIpc) is 3.37. The first kappa shape index (κ1) is 29.6. The van der Waals surface area contributed by atoms with Crippen molar-refractivity contribution in [2.24, 2.45) is 5.92 Å². The van der Waals surface area contributed by atoms with Gasteiger partial charge in [-0.3, -0.25) is 9.89 Å². The molecule has 0 unspecified atom stereocenters. The Morgan fingerprint density at radius 2 is 1.98 bits per heavy atom. The van der Waals surface area contributed by atoms with Gasteiger partial charge in [-0.25, -0.2) is 18.7 Å². The molecule has 0 aliphatic rings. The minimum Gasteiger partial charge on any atom is -0.494 e. The first-order valence-electron chi connectivity index (χ1n) is 13.2. The highest BCUT2D eigenvalue weighted by atomic mass is 19.2. The maximum absolute atomic E-state index is 13.9. The summed E-state index contributed by atoms with van der Waals surface area (Å²) in [6.07, 6.45) is 1.24. The lowest BCUT2D eigenvalue weighted by Crippen LogP contribution is -2.39. The molecule has 2 heterocycles. The maximum atomic E-state index is 13.9. The fourth-order valence-electron chi connectivity index (χ4n) is 4.11. The number of fused-ring (bicyclic) bond motifs is 1. The van der Waals surface area contributed by atoms with Gasteiger partial charge in [0.05, 0.1) is 36.2 Å². The number of aromatic nitrogens is 4. The molecule has 11 nitrogen and oxygen atoms in total. The van der Waals surface area contributed by atoms with E-state index in [1.54, 1.807) is 18.2 Å². The molecule has 2 aromatic heterocycles. The van der Waals surface area contributed by atoms with Gasteiger partial charge in [-0.15, -0.1) is 0 Å². The number of halogens is 2. The number of hydrogen-bond donors (Lipinski definition) is 5. The molecule has 0 bridgehead atoms. The molecule has 4 aromatic rings. The molecule has 0 saturated heterocycles. The van der Waals surface area contributed by atoms with Crippen molar-refractivity contribution in [3.63, 3.8) is 0 Å². The normalized spacial score (nSPS) is 12.0. The molecule has 13 heteroatoms. The molecule has 5 N–H and O–H groups in total. The molecule has 218 valence electrons. The van der Waals surface area contributed by atoms with Gasteiger partial charge in [-0.1, -0.05) is 19.9 Å². The number of rotatable bonds is 14. The van der Waals surface area contributed by atoms with Crippen LogP contribution in [0.15, 0.2) is 42.7 Å². The zero-order chi connectivity index (χ0) is 29.4. The van der Waals surface area contributed by atoms with Crippen LogP contribution in [0, 0.1) is 17.6 Å². The number of ether oxygens (including phenoxy) is 2. The van der Waals surface area contributed by atoms with Crippen molar-refractivity contribution in [1.29, 1.82) is 0 Å². The van der Waals surface area contributed by atoms with Crippen LogP contribution in [0.2, 0.25) is 0 Å².